The summed E-state index contributed by atoms with van der Waals surface area (Å²) in [4.78, 5) is 0. The van der Waals surface area contributed by atoms with Gasteiger partial charge in [0.05, 0.1) is 10.8 Å². The molecule has 0 bridgehead atoms. The van der Waals surface area contributed by atoms with E-state index in [-0.39, 0.29) is 12.3 Å². The lowest BCUT2D eigenvalue weighted by molar-refractivity contribution is 0.588. The molecule has 1 aliphatic rings. The molecule has 0 aliphatic carbocycles. The maximum atomic E-state index is 11.9. The molecule has 0 spiro atoms. The Balaban J connectivity index is 1.98. The van der Waals surface area contributed by atoms with Gasteiger partial charge in [-0.3, -0.25) is 4.72 Å². The molecular weight excluding hydrogens is 355 g/mol. The van der Waals surface area contributed by atoms with Gasteiger partial charge in [0.25, 0.3) is 0 Å². The fourth-order valence-electron chi connectivity index (χ4n) is 2.89. The van der Waals surface area contributed by atoms with Crippen molar-refractivity contribution in [1.82, 2.24) is 4.57 Å². The number of anilines is 1. The third kappa shape index (κ3) is 2.40. The first-order valence-electron chi connectivity index (χ1n) is 7.03. The summed E-state index contributed by atoms with van der Waals surface area (Å²) in [6, 6.07) is 13.8. The monoisotopic (exact) mass is 366 g/mol. The molecule has 0 saturated heterocycles. The van der Waals surface area contributed by atoms with Crippen LogP contribution in [0.3, 0.4) is 0 Å². The maximum Gasteiger partial charge on any atom is 0.235 e. The van der Waals surface area contributed by atoms with Gasteiger partial charge in [-0.1, -0.05) is 59.6 Å². The quantitative estimate of drug-likeness (QED) is 0.694. The predicted octanol–water partition coefficient (Wildman–Crippen LogP) is 4.37. The highest BCUT2D eigenvalue weighted by atomic mass is 35.5. The lowest BCUT2D eigenvalue weighted by Gasteiger charge is -2.19. The number of rotatable bonds is 1. The van der Waals surface area contributed by atoms with Crippen molar-refractivity contribution in [3.05, 3.63) is 52.6 Å². The van der Waals surface area contributed by atoms with E-state index in [1.807, 2.05) is 42.5 Å². The highest BCUT2D eigenvalue weighted by Crippen LogP contribution is 2.44. The minimum Gasteiger partial charge on any atom is -0.315 e. The highest BCUT2D eigenvalue weighted by Gasteiger charge is 2.29. The Morgan fingerprint density at radius 2 is 1.78 bits per heavy atom. The molecule has 3 aromatic rings. The molecule has 0 amide bonds. The Morgan fingerprint density at radius 3 is 2.57 bits per heavy atom. The number of hydrogen-bond acceptors (Lipinski definition) is 2. The molecule has 0 atom stereocenters. The number of sulfonamides is 1. The third-order valence-corrected chi connectivity index (χ3v) is 6.10. The molecule has 1 aromatic heterocycles. The van der Waals surface area contributed by atoms with Crippen LogP contribution in [0.1, 0.15) is 0 Å². The second-order valence-corrected chi connectivity index (χ2v) is 8.04. The first kappa shape index (κ1) is 14.9. The largest absolute Gasteiger partial charge is 0.315 e. The van der Waals surface area contributed by atoms with E-state index < -0.39 is 10.0 Å². The van der Waals surface area contributed by atoms with Gasteiger partial charge in [0.15, 0.2) is 0 Å². The van der Waals surface area contributed by atoms with Crippen molar-refractivity contribution < 1.29 is 8.42 Å². The van der Waals surface area contributed by atoms with E-state index in [2.05, 4.69) is 4.72 Å². The van der Waals surface area contributed by atoms with Crippen molar-refractivity contribution in [2.45, 2.75) is 6.54 Å². The Labute approximate surface area is 143 Å². The number of fused-ring (bicyclic) bond motifs is 2. The van der Waals surface area contributed by atoms with Gasteiger partial charge in [-0.05, 0) is 22.4 Å². The van der Waals surface area contributed by atoms with Crippen molar-refractivity contribution in [1.29, 1.82) is 0 Å². The number of hydrogen-bond donors (Lipinski definition) is 1. The number of halogens is 2. The van der Waals surface area contributed by atoms with Gasteiger partial charge < -0.3 is 4.57 Å². The zero-order valence-electron chi connectivity index (χ0n) is 11.9. The summed E-state index contributed by atoms with van der Waals surface area (Å²) in [5.41, 5.74) is 1.44. The molecule has 118 valence electrons. The van der Waals surface area contributed by atoms with Crippen LogP contribution in [0.2, 0.25) is 10.2 Å². The average molecular weight is 367 g/mol. The van der Waals surface area contributed by atoms with Gasteiger partial charge in [0.2, 0.25) is 10.0 Å². The maximum absolute atomic E-state index is 11.9. The zero-order valence-corrected chi connectivity index (χ0v) is 14.2. The van der Waals surface area contributed by atoms with Crippen LogP contribution in [0.25, 0.3) is 21.9 Å². The Bertz CT molecular complexity index is 1040. The molecule has 4 nitrogen and oxygen atoms in total. The molecule has 23 heavy (non-hydrogen) atoms. The first-order valence-corrected chi connectivity index (χ1v) is 9.44. The normalized spacial score (nSPS) is 16.1. The van der Waals surface area contributed by atoms with Gasteiger partial charge in [0.1, 0.15) is 11.0 Å². The van der Waals surface area contributed by atoms with Gasteiger partial charge in [0, 0.05) is 12.1 Å². The topological polar surface area (TPSA) is 51.1 Å². The van der Waals surface area contributed by atoms with Crippen molar-refractivity contribution in [2.24, 2.45) is 0 Å². The van der Waals surface area contributed by atoms with Crippen LogP contribution in [-0.2, 0) is 16.6 Å². The SMILES string of the molecule is O=S1(=O)CCn2c(Cl)c(Cl)c(-c3ccc4ccccc4c3)c2N1. The van der Waals surface area contributed by atoms with Crippen molar-refractivity contribution >= 4 is 49.8 Å². The molecule has 0 fully saturated rings. The van der Waals surface area contributed by atoms with E-state index in [0.29, 0.717) is 21.6 Å². The highest BCUT2D eigenvalue weighted by molar-refractivity contribution is 7.92. The minimum atomic E-state index is -3.36. The molecular formula is C16H12Cl2N2O2S. The molecule has 0 saturated carbocycles. The lowest BCUT2D eigenvalue weighted by Crippen LogP contribution is -2.27. The second-order valence-electron chi connectivity index (χ2n) is 5.46. The van der Waals surface area contributed by atoms with Gasteiger partial charge in [-0.15, -0.1) is 0 Å². The second kappa shape index (κ2) is 5.16. The average Bonchev–Trinajstić information content (AvgIpc) is 2.76. The van der Waals surface area contributed by atoms with Crippen LogP contribution in [0.4, 0.5) is 5.82 Å². The molecule has 1 aliphatic heterocycles. The van der Waals surface area contributed by atoms with Crippen LogP contribution < -0.4 is 4.72 Å². The van der Waals surface area contributed by atoms with Gasteiger partial charge in [-0.25, -0.2) is 8.42 Å². The number of benzene rings is 2. The Morgan fingerprint density at radius 1 is 1.04 bits per heavy atom. The van der Waals surface area contributed by atoms with E-state index in [1.54, 1.807) is 4.57 Å². The smallest absolute Gasteiger partial charge is 0.235 e. The van der Waals surface area contributed by atoms with Crippen LogP contribution >= 0.6 is 23.2 Å². The van der Waals surface area contributed by atoms with Gasteiger partial charge >= 0.3 is 0 Å². The fraction of sp³-hybridized carbons (Fsp3) is 0.125. The van der Waals surface area contributed by atoms with Gasteiger partial charge in [-0.2, -0.15) is 0 Å². The number of aromatic nitrogens is 1. The zero-order chi connectivity index (χ0) is 16.2. The van der Waals surface area contributed by atoms with Crippen molar-refractivity contribution in [2.75, 3.05) is 10.5 Å². The fourth-order valence-corrected chi connectivity index (χ4v) is 4.49. The lowest BCUT2D eigenvalue weighted by atomic mass is 10.0. The molecule has 7 heteroatoms. The summed E-state index contributed by atoms with van der Waals surface area (Å²) in [6.45, 7) is 0.288. The van der Waals surface area contributed by atoms with Crippen LogP contribution in [0.15, 0.2) is 42.5 Å². The molecule has 1 N–H and O–H groups in total. The summed E-state index contributed by atoms with van der Waals surface area (Å²) in [5.74, 6) is 0.420. The van der Waals surface area contributed by atoms with Crippen LogP contribution in [0.5, 0.6) is 0 Å². The summed E-state index contributed by atoms with van der Waals surface area (Å²) in [7, 11) is -3.36. The summed E-state index contributed by atoms with van der Waals surface area (Å²) >= 11 is 12.7. The minimum absolute atomic E-state index is 0.0120. The van der Waals surface area contributed by atoms with E-state index in [1.165, 1.54) is 0 Å². The molecule has 2 heterocycles. The summed E-state index contributed by atoms with van der Waals surface area (Å²) < 4.78 is 28.1. The van der Waals surface area contributed by atoms with E-state index in [9.17, 15) is 8.42 Å². The number of nitrogens with zero attached hydrogens (tertiary/aromatic N) is 1. The summed E-state index contributed by atoms with van der Waals surface area (Å²) in [5, 5.41) is 2.87. The Hall–Kier alpha value is -1.69. The van der Waals surface area contributed by atoms with Crippen molar-refractivity contribution in [3.8, 4) is 11.1 Å². The van der Waals surface area contributed by atoms with E-state index >= 15 is 0 Å². The van der Waals surface area contributed by atoms with E-state index in [4.69, 9.17) is 23.2 Å². The predicted molar refractivity (Wildman–Crippen MR) is 94.8 cm³/mol. The molecule has 0 radical (unpaired) electrons. The standard InChI is InChI=1S/C16H12Cl2N2O2S/c17-14-13(12-6-5-10-3-1-2-4-11(10)9-12)16-19-23(21,22)8-7-20(16)15(14)18/h1-6,9,19H,7-8H2. The molecule has 0 unspecified atom stereocenters. The summed E-state index contributed by atoms with van der Waals surface area (Å²) in [6.07, 6.45) is 0. The molecule has 2 aromatic carbocycles. The van der Waals surface area contributed by atoms with Crippen LogP contribution in [0, 0.1) is 0 Å². The van der Waals surface area contributed by atoms with E-state index in [0.717, 1.165) is 16.3 Å². The Kier molecular flexibility index (Phi) is 3.34. The molecule has 4 rings (SSSR count). The van der Waals surface area contributed by atoms with Crippen molar-refractivity contribution in [3.63, 3.8) is 0 Å². The van der Waals surface area contributed by atoms with Crippen LogP contribution in [-0.4, -0.2) is 18.7 Å². The third-order valence-electron chi connectivity index (χ3n) is 4.02. The number of nitrogens with one attached hydrogen (secondary N) is 1. The first-order chi connectivity index (χ1) is 11.0.